The number of nitrogens with one attached hydrogen (secondary N) is 1. The van der Waals surface area contributed by atoms with Crippen LogP contribution in [-0.4, -0.2) is 61.9 Å². The van der Waals surface area contributed by atoms with Gasteiger partial charge in [0, 0.05) is 29.9 Å². The van der Waals surface area contributed by atoms with Crippen LogP contribution in [0.1, 0.15) is 28.8 Å². The summed E-state index contributed by atoms with van der Waals surface area (Å²) in [6, 6.07) is 17.2. The van der Waals surface area contributed by atoms with E-state index in [4.69, 9.17) is 16.6 Å². The maximum atomic E-state index is 14.4. The molecule has 0 radical (unpaired) electrons. The number of carbonyl (C=O) groups excluding carboxylic acids is 2. The number of carbonyl (C=O) groups is 2. The van der Waals surface area contributed by atoms with E-state index in [1.807, 2.05) is 0 Å². The quantitative estimate of drug-likeness (QED) is 0.527. The van der Waals surface area contributed by atoms with Crippen molar-refractivity contribution < 1.29 is 22.4 Å². The zero-order chi connectivity index (χ0) is 27.0. The zero-order valence-corrected chi connectivity index (χ0v) is 21.9. The predicted octanol–water partition coefficient (Wildman–Crippen LogP) is 3.98. The fourth-order valence-corrected chi connectivity index (χ4v) is 5.46. The second kappa shape index (κ2) is 10.2. The van der Waals surface area contributed by atoms with Crippen LogP contribution in [0.25, 0.3) is 0 Å². The summed E-state index contributed by atoms with van der Waals surface area (Å²) in [4.78, 5) is 34.1. The molecule has 38 heavy (non-hydrogen) atoms. The molecule has 3 aromatic carbocycles. The molecule has 2 aliphatic rings. The zero-order valence-electron chi connectivity index (χ0n) is 20.3. The third-order valence-corrected chi connectivity index (χ3v) is 7.90. The lowest BCUT2D eigenvalue weighted by Gasteiger charge is -2.35. The van der Waals surface area contributed by atoms with Crippen LogP contribution < -0.4 is 5.32 Å². The number of benzene rings is 3. The topological polar surface area (TPSA) is 99.2 Å². The van der Waals surface area contributed by atoms with Gasteiger partial charge in [0.25, 0.3) is 0 Å². The van der Waals surface area contributed by atoms with Crippen LogP contribution in [0, 0.1) is 5.82 Å². The van der Waals surface area contributed by atoms with Crippen LogP contribution in [0.3, 0.4) is 0 Å². The smallest absolute Gasteiger partial charge is 0.326 e. The van der Waals surface area contributed by atoms with Crippen LogP contribution in [-0.2, 0) is 14.6 Å². The van der Waals surface area contributed by atoms with Crippen LogP contribution >= 0.6 is 11.6 Å². The van der Waals surface area contributed by atoms with Crippen molar-refractivity contribution in [3.05, 3.63) is 100 Å². The van der Waals surface area contributed by atoms with E-state index in [9.17, 15) is 22.4 Å². The molecule has 3 amide bonds. The number of amides is 3. The van der Waals surface area contributed by atoms with Crippen molar-refractivity contribution in [3.63, 3.8) is 0 Å². The number of hydrogen-bond donors (Lipinski definition) is 1. The average molecular weight is 555 g/mol. The molecule has 2 atom stereocenters. The van der Waals surface area contributed by atoms with Gasteiger partial charge in [0.15, 0.2) is 9.84 Å². The maximum Gasteiger partial charge on any atom is 0.326 e. The van der Waals surface area contributed by atoms with E-state index in [1.54, 1.807) is 48.5 Å². The van der Waals surface area contributed by atoms with E-state index < -0.39 is 33.8 Å². The summed E-state index contributed by atoms with van der Waals surface area (Å²) in [5.74, 6) is -0.411. The van der Waals surface area contributed by atoms with Gasteiger partial charge in [-0.15, -0.1) is 0 Å². The van der Waals surface area contributed by atoms with Crippen molar-refractivity contribution in [1.29, 1.82) is 0 Å². The molecule has 2 aliphatic heterocycles. The van der Waals surface area contributed by atoms with E-state index in [-0.39, 0.29) is 17.3 Å². The Bertz CT molecular complexity index is 1530. The average Bonchev–Trinajstić information content (AvgIpc) is 3.29. The van der Waals surface area contributed by atoms with Crippen molar-refractivity contribution in [2.24, 2.45) is 4.99 Å². The van der Waals surface area contributed by atoms with Crippen LogP contribution in [0.15, 0.2) is 82.7 Å². The van der Waals surface area contributed by atoms with Gasteiger partial charge in [0.2, 0.25) is 5.91 Å². The fourth-order valence-electron chi connectivity index (χ4n) is 4.70. The summed E-state index contributed by atoms with van der Waals surface area (Å²) in [6.07, 6.45) is 1.12. The molecule has 5 rings (SSSR count). The first-order chi connectivity index (χ1) is 18.1. The van der Waals surface area contributed by atoms with Crippen molar-refractivity contribution in [2.45, 2.75) is 17.0 Å². The number of aliphatic imine (C=N–C) groups is 1. The second-order valence-corrected chi connectivity index (χ2v) is 11.6. The summed E-state index contributed by atoms with van der Waals surface area (Å²) < 4.78 is 38.5. The highest BCUT2D eigenvalue weighted by molar-refractivity contribution is 7.90. The van der Waals surface area contributed by atoms with Gasteiger partial charge < -0.3 is 10.2 Å². The van der Waals surface area contributed by atoms with Gasteiger partial charge in [-0.1, -0.05) is 35.9 Å². The number of rotatable bonds is 4. The Morgan fingerprint density at radius 2 is 1.76 bits per heavy atom. The van der Waals surface area contributed by atoms with Crippen molar-refractivity contribution in [3.8, 4) is 0 Å². The summed E-state index contributed by atoms with van der Waals surface area (Å²) in [6.45, 7) is 0.498. The first kappa shape index (κ1) is 25.9. The molecule has 0 bridgehead atoms. The highest BCUT2D eigenvalue weighted by Crippen LogP contribution is 2.44. The van der Waals surface area contributed by atoms with E-state index in [0.29, 0.717) is 40.6 Å². The number of urea groups is 1. The number of halogens is 2. The largest absolute Gasteiger partial charge is 0.353 e. The Morgan fingerprint density at radius 1 is 1.05 bits per heavy atom. The fraction of sp³-hybridized carbons (Fsp3) is 0.222. The highest BCUT2D eigenvalue weighted by atomic mass is 35.5. The van der Waals surface area contributed by atoms with E-state index in [1.165, 1.54) is 34.1 Å². The lowest BCUT2D eigenvalue weighted by molar-refractivity contribution is -0.123. The maximum absolute atomic E-state index is 14.4. The number of piperazine rings is 1. The molecule has 3 aromatic rings. The SMILES string of the molecule is CS(=O)(=O)c1ccc(C2N=C(c3ccc(Cl)cc3)N(C(=O)N3CCNC(=O)C3)C2c2cccc(F)c2)cc1. The van der Waals surface area contributed by atoms with Gasteiger partial charge in [-0.25, -0.2) is 17.6 Å². The molecule has 2 unspecified atom stereocenters. The molecule has 0 spiro atoms. The van der Waals surface area contributed by atoms with Crippen LogP contribution in [0.2, 0.25) is 5.02 Å². The third-order valence-electron chi connectivity index (χ3n) is 6.52. The molecule has 0 aromatic heterocycles. The molecule has 0 saturated carbocycles. The van der Waals surface area contributed by atoms with Crippen LogP contribution in [0.5, 0.6) is 0 Å². The molecule has 1 N–H and O–H groups in total. The minimum atomic E-state index is -3.42. The van der Waals surface area contributed by atoms with E-state index >= 15 is 0 Å². The molecule has 196 valence electrons. The van der Waals surface area contributed by atoms with Crippen LogP contribution in [0.4, 0.5) is 9.18 Å². The van der Waals surface area contributed by atoms with Gasteiger partial charge in [-0.05, 0) is 59.7 Å². The molecular formula is C27H24ClFN4O4S. The standard InChI is InChI=1S/C27H24ClFN4O4S/c1-38(36,37)22-11-7-17(8-12-22)24-25(19-3-2-4-21(29)15-19)33(27(35)32-14-13-30-23(34)16-32)26(31-24)18-5-9-20(28)10-6-18/h2-12,15,24-25H,13-14,16H2,1H3,(H,30,34). The van der Waals surface area contributed by atoms with E-state index in [0.717, 1.165) is 6.26 Å². The molecule has 1 saturated heterocycles. The Hall–Kier alpha value is -3.76. The third kappa shape index (κ3) is 5.14. The highest BCUT2D eigenvalue weighted by Gasteiger charge is 2.44. The van der Waals surface area contributed by atoms with Gasteiger partial charge in [-0.3, -0.25) is 14.7 Å². The summed E-state index contributed by atoms with van der Waals surface area (Å²) in [5.41, 5.74) is 1.76. The summed E-state index contributed by atoms with van der Waals surface area (Å²) in [5, 5.41) is 3.22. The summed E-state index contributed by atoms with van der Waals surface area (Å²) in [7, 11) is -3.42. The lowest BCUT2D eigenvalue weighted by Crippen LogP contribution is -2.55. The Labute approximate surface area is 224 Å². The molecule has 8 nitrogen and oxygen atoms in total. The van der Waals surface area contributed by atoms with Crippen molar-refractivity contribution >= 4 is 39.2 Å². The number of sulfone groups is 1. The number of nitrogens with zero attached hydrogens (tertiary/aromatic N) is 3. The minimum absolute atomic E-state index is 0.118. The van der Waals surface area contributed by atoms with Gasteiger partial charge in [0.1, 0.15) is 24.2 Å². The molecule has 11 heteroatoms. The predicted molar refractivity (Wildman–Crippen MR) is 141 cm³/mol. The molecule has 0 aliphatic carbocycles. The molecule has 1 fully saturated rings. The second-order valence-electron chi connectivity index (χ2n) is 9.17. The lowest BCUT2D eigenvalue weighted by atomic mass is 9.93. The van der Waals surface area contributed by atoms with Crippen molar-refractivity contribution in [1.82, 2.24) is 15.1 Å². The Balaban J connectivity index is 1.67. The number of amidine groups is 1. The first-order valence-corrected chi connectivity index (χ1v) is 14.1. The van der Waals surface area contributed by atoms with Gasteiger partial charge >= 0.3 is 6.03 Å². The molecule has 2 heterocycles. The molecular weight excluding hydrogens is 531 g/mol. The first-order valence-electron chi connectivity index (χ1n) is 11.9. The normalized spacial score (nSPS) is 19.8. The van der Waals surface area contributed by atoms with E-state index in [2.05, 4.69) is 5.32 Å². The van der Waals surface area contributed by atoms with Gasteiger partial charge in [-0.2, -0.15) is 0 Å². The Kier molecular flexibility index (Phi) is 6.93. The number of hydrogen-bond acceptors (Lipinski definition) is 5. The van der Waals surface area contributed by atoms with Gasteiger partial charge in [0.05, 0.1) is 10.9 Å². The monoisotopic (exact) mass is 554 g/mol. The van der Waals surface area contributed by atoms with Crippen molar-refractivity contribution in [2.75, 3.05) is 25.9 Å². The minimum Gasteiger partial charge on any atom is -0.353 e. The Morgan fingerprint density at radius 3 is 2.39 bits per heavy atom. The summed E-state index contributed by atoms with van der Waals surface area (Å²) >= 11 is 6.11.